The minimum absolute atomic E-state index is 0.0309. The summed E-state index contributed by atoms with van der Waals surface area (Å²) in [6.07, 6.45) is 3.06. The molecule has 0 N–H and O–H groups in total. The zero-order valence-corrected chi connectivity index (χ0v) is 16.3. The van der Waals surface area contributed by atoms with E-state index in [-0.39, 0.29) is 5.56 Å². The molecule has 1 saturated heterocycles. The zero-order valence-electron chi connectivity index (χ0n) is 16.3. The quantitative estimate of drug-likeness (QED) is 0.631. The van der Waals surface area contributed by atoms with Gasteiger partial charge in [-0.25, -0.2) is 4.39 Å². The highest BCUT2D eigenvalue weighted by atomic mass is 19.1. The van der Waals surface area contributed by atoms with E-state index < -0.39 is 5.82 Å². The van der Waals surface area contributed by atoms with Gasteiger partial charge in [-0.1, -0.05) is 0 Å². The third-order valence-electron chi connectivity index (χ3n) is 5.12. The SMILES string of the molecule is N#Cc1ccc(OCC2CCN(CCCOc3ccc(C#N)c(F)c3)CC2)cc1. The summed E-state index contributed by atoms with van der Waals surface area (Å²) in [5.41, 5.74) is 0.669. The maximum absolute atomic E-state index is 13.6. The fourth-order valence-electron chi connectivity index (χ4n) is 3.37. The molecule has 1 aliphatic heterocycles. The van der Waals surface area contributed by atoms with Gasteiger partial charge in [0.2, 0.25) is 0 Å². The smallest absolute Gasteiger partial charge is 0.144 e. The number of nitrogens with zero attached hydrogens (tertiary/aromatic N) is 3. The fourth-order valence-corrected chi connectivity index (χ4v) is 3.37. The average molecular weight is 393 g/mol. The van der Waals surface area contributed by atoms with E-state index in [1.54, 1.807) is 24.3 Å². The van der Waals surface area contributed by atoms with Gasteiger partial charge < -0.3 is 14.4 Å². The van der Waals surface area contributed by atoms with Crippen molar-refractivity contribution < 1.29 is 13.9 Å². The van der Waals surface area contributed by atoms with Gasteiger partial charge in [-0.15, -0.1) is 0 Å². The first-order chi connectivity index (χ1) is 14.2. The molecule has 2 aromatic carbocycles. The van der Waals surface area contributed by atoms with E-state index in [1.807, 2.05) is 12.1 Å². The summed E-state index contributed by atoms with van der Waals surface area (Å²) in [6, 6.07) is 15.5. The summed E-state index contributed by atoms with van der Waals surface area (Å²) in [4.78, 5) is 2.42. The number of hydrogen-bond acceptors (Lipinski definition) is 5. The van der Waals surface area contributed by atoms with Gasteiger partial charge in [-0.05, 0) is 74.7 Å². The topological polar surface area (TPSA) is 69.3 Å². The van der Waals surface area contributed by atoms with Crippen LogP contribution in [0.2, 0.25) is 0 Å². The maximum atomic E-state index is 13.6. The van der Waals surface area contributed by atoms with Crippen LogP contribution in [0.3, 0.4) is 0 Å². The molecular formula is C23H24FN3O2. The second-order valence-corrected chi connectivity index (χ2v) is 7.19. The lowest BCUT2D eigenvalue weighted by molar-refractivity contribution is 0.135. The number of likely N-dealkylation sites (tertiary alicyclic amines) is 1. The summed E-state index contributed by atoms with van der Waals surface area (Å²) < 4.78 is 25.0. The molecule has 1 heterocycles. The third-order valence-corrected chi connectivity index (χ3v) is 5.12. The molecule has 0 bridgehead atoms. The molecule has 0 atom stereocenters. The van der Waals surface area contributed by atoms with Crippen LogP contribution in [0.1, 0.15) is 30.4 Å². The molecule has 1 aliphatic rings. The highest BCUT2D eigenvalue weighted by Gasteiger charge is 2.19. The second kappa shape index (κ2) is 10.5. The van der Waals surface area contributed by atoms with E-state index in [0.717, 1.165) is 44.6 Å². The van der Waals surface area contributed by atoms with Crippen LogP contribution in [0, 0.1) is 34.4 Å². The minimum Gasteiger partial charge on any atom is -0.493 e. The Hall–Kier alpha value is -3.09. The van der Waals surface area contributed by atoms with Gasteiger partial charge in [0, 0.05) is 12.6 Å². The number of hydrogen-bond donors (Lipinski definition) is 0. The van der Waals surface area contributed by atoms with E-state index in [9.17, 15) is 4.39 Å². The molecule has 2 aromatic rings. The average Bonchev–Trinajstić information content (AvgIpc) is 2.76. The van der Waals surface area contributed by atoms with Crippen molar-refractivity contribution in [3.05, 3.63) is 59.4 Å². The Morgan fingerprint density at radius 1 is 0.966 bits per heavy atom. The van der Waals surface area contributed by atoms with E-state index in [4.69, 9.17) is 20.0 Å². The van der Waals surface area contributed by atoms with Gasteiger partial charge in [0.15, 0.2) is 0 Å². The molecule has 3 rings (SSSR count). The Bertz CT molecular complexity index is 878. The molecule has 0 spiro atoms. The van der Waals surface area contributed by atoms with Crippen molar-refractivity contribution >= 4 is 0 Å². The van der Waals surface area contributed by atoms with Crippen LogP contribution in [0.5, 0.6) is 11.5 Å². The monoisotopic (exact) mass is 393 g/mol. The first-order valence-corrected chi connectivity index (χ1v) is 9.85. The van der Waals surface area contributed by atoms with Crippen LogP contribution in [0.15, 0.2) is 42.5 Å². The van der Waals surface area contributed by atoms with Crippen molar-refractivity contribution in [2.75, 3.05) is 32.8 Å². The van der Waals surface area contributed by atoms with E-state index >= 15 is 0 Å². The predicted molar refractivity (Wildman–Crippen MR) is 107 cm³/mol. The Kier molecular flexibility index (Phi) is 7.44. The summed E-state index contributed by atoms with van der Waals surface area (Å²) >= 11 is 0. The molecule has 5 nitrogen and oxygen atoms in total. The molecule has 0 saturated carbocycles. The molecule has 150 valence electrons. The molecule has 0 aliphatic carbocycles. The number of halogens is 1. The highest BCUT2D eigenvalue weighted by molar-refractivity contribution is 5.36. The van der Waals surface area contributed by atoms with Gasteiger partial charge in [-0.2, -0.15) is 10.5 Å². The van der Waals surface area contributed by atoms with E-state index in [2.05, 4.69) is 11.0 Å². The Morgan fingerprint density at radius 2 is 1.69 bits per heavy atom. The molecule has 6 heteroatoms. The van der Waals surface area contributed by atoms with Crippen LogP contribution in [0.4, 0.5) is 4.39 Å². The molecule has 0 radical (unpaired) electrons. The second-order valence-electron chi connectivity index (χ2n) is 7.19. The van der Waals surface area contributed by atoms with Crippen molar-refractivity contribution in [2.45, 2.75) is 19.3 Å². The minimum atomic E-state index is -0.546. The molecule has 0 amide bonds. The number of rotatable bonds is 8. The summed E-state index contributed by atoms with van der Waals surface area (Å²) in [6.45, 7) is 4.24. The highest BCUT2D eigenvalue weighted by Crippen LogP contribution is 2.20. The Balaban J connectivity index is 1.30. The fraction of sp³-hybridized carbons (Fsp3) is 0.391. The lowest BCUT2D eigenvalue weighted by Crippen LogP contribution is -2.36. The van der Waals surface area contributed by atoms with Crippen LogP contribution < -0.4 is 9.47 Å². The number of ether oxygens (including phenoxy) is 2. The largest absolute Gasteiger partial charge is 0.493 e. The van der Waals surface area contributed by atoms with E-state index in [1.165, 1.54) is 12.1 Å². The van der Waals surface area contributed by atoms with Gasteiger partial charge in [-0.3, -0.25) is 0 Å². The Labute approximate surface area is 170 Å². The standard InChI is InChI=1S/C23H24FN3O2/c24-23-14-22(7-4-20(23)16-26)28-13-1-10-27-11-8-19(9-12-27)17-29-21-5-2-18(15-25)3-6-21/h2-7,14,19H,1,8-13,17H2. The van der Waals surface area contributed by atoms with Gasteiger partial charge in [0.25, 0.3) is 0 Å². The van der Waals surface area contributed by atoms with Crippen molar-refractivity contribution in [3.8, 4) is 23.6 Å². The van der Waals surface area contributed by atoms with Crippen molar-refractivity contribution in [1.29, 1.82) is 10.5 Å². The van der Waals surface area contributed by atoms with Gasteiger partial charge in [0.05, 0.1) is 30.4 Å². The van der Waals surface area contributed by atoms with Crippen molar-refractivity contribution in [3.63, 3.8) is 0 Å². The van der Waals surface area contributed by atoms with Crippen molar-refractivity contribution in [2.24, 2.45) is 5.92 Å². The van der Waals surface area contributed by atoms with E-state index in [0.29, 0.717) is 30.4 Å². The predicted octanol–water partition coefficient (Wildman–Crippen LogP) is 4.13. The van der Waals surface area contributed by atoms with Crippen LogP contribution in [0.25, 0.3) is 0 Å². The summed E-state index contributed by atoms with van der Waals surface area (Å²) in [7, 11) is 0. The van der Waals surface area contributed by atoms with Crippen LogP contribution in [-0.2, 0) is 0 Å². The molecule has 0 aromatic heterocycles. The normalized spacial score (nSPS) is 14.7. The molecule has 1 fully saturated rings. The first kappa shape index (κ1) is 20.6. The number of piperidine rings is 1. The van der Waals surface area contributed by atoms with Crippen LogP contribution in [-0.4, -0.2) is 37.7 Å². The number of nitriles is 2. The lowest BCUT2D eigenvalue weighted by Gasteiger charge is -2.31. The lowest BCUT2D eigenvalue weighted by atomic mass is 9.98. The van der Waals surface area contributed by atoms with Gasteiger partial charge >= 0.3 is 0 Å². The molecule has 0 unspecified atom stereocenters. The Morgan fingerprint density at radius 3 is 2.34 bits per heavy atom. The molecular weight excluding hydrogens is 369 g/mol. The van der Waals surface area contributed by atoms with Gasteiger partial charge in [0.1, 0.15) is 23.4 Å². The molecule has 29 heavy (non-hydrogen) atoms. The summed E-state index contributed by atoms with van der Waals surface area (Å²) in [5.74, 6) is 1.26. The third kappa shape index (κ3) is 6.20. The van der Waals surface area contributed by atoms with Crippen molar-refractivity contribution in [1.82, 2.24) is 4.90 Å². The zero-order chi connectivity index (χ0) is 20.5. The first-order valence-electron chi connectivity index (χ1n) is 9.85. The number of benzene rings is 2. The maximum Gasteiger partial charge on any atom is 0.144 e. The van der Waals surface area contributed by atoms with Crippen LogP contribution >= 0.6 is 0 Å². The summed E-state index contributed by atoms with van der Waals surface area (Å²) in [5, 5.41) is 17.6.